The summed E-state index contributed by atoms with van der Waals surface area (Å²) >= 11 is 3.39. The van der Waals surface area contributed by atoms with Gasteiger partial charge in [0.05, 0.1) is 5.57 Å². The fourth-order valence-electron chi connectivity index (χ4n) is 6.83. The van der Waals surface area contributed by atoms with Gasteiger partial charge in [0, 0.05) is 54.1 Å². The van der Waals surface area contributed by atoms with Crippen LogP contribution in [0.25, 0.3) is 25.9 Å². The van der Waals surface area contributed by atoms with Crippen LogP contribution >= 0.6 is 22.7 Å². The molecule has 0 fully saturated rings. The minimum absolute atomic E-state index is 0.0743. The molecule has 0 spiro atoms. The Kier molecular flexibility index (Phi) is 11.0. The zero-order valence-electron chi connectivity index (χ0n) is 28.4. The second-order valence-electron chi connectivity index (χ2n) is 12.9. The Morgan fingerprint density at radius 2 is 1.51 bits per heavy atom. The van der Waals surface area contributed by atoms with E-state index in [1.807, 2.05) is 18.2 Å². The van der Waals surface area contributed by atoms with Crippen molar-refractivity contribution < 1.29 is 9.59 Å². The minimum atomic E-state index is -0.206. The van der Waals surface area contributed by atoms with Crippen LogP contribution in [0.15, 0.2) is 114 Å². The smallest absolute Gasteiger partial charge is 0.173 e. The fraction of sp³-hybridized carbons (Fsp3) is 0.279. The predicted molar refractivity (Wildman–Crippen MR) is 207 cm³/mol. The van der Waals surface area contributed by atoms with Gasteiger partial charge in [-0.3, -0.25) is 9.59 Å². The van der Waals surface area contributed by atoms with Gasteiger partial charge in [-0.25, -0.2) is 0 Å². The van der Waals surface area contributed by atoms with E-state index in [1.165, 1.54) is 4.88 Å². The summed E-state index contributed by atoms with van der Waals surface area (Å²) in [6, 6.07) is 36.0. The average Bonchev–Trinajstić information content (AvgIpc) is 3.70. The van der Waals surface area contributed by atoms with Crippen LogP contribution in [0.3, 0.4) is 0 Å². The molecule has 248 valence electrons. The van der Waals surface area contributed by atoms with Crippen molar-refractivity contribution in [2.45, 2.75) is 65.7 Å². The van der Waals surface area contributed by atoms with Crippen LogP contribution < -0.4 is 4.90 Å². The lowest BCUT2D eigenvalue weighted by Crippen LogP contribution is -2.25. The second kappa shape index (κ2) is 15.8. The van der Waals surface area contributed by atoms with Crippen molar-refractivity contribution in [2.75, 3.05) is 4.90 Å². The Morgan fingerprint density at radius 1 is 0.878 bits per heavy atom. The fourth-order valence-corrected chi connectivity index (χ4v) is 9.19. The van der Waals surface area contributed by atoms with Crippen LogP contribution in [-0.2, 0) is 9.59 Å². The summed E-state index contributed by atoms with van der Waals surface area (Å²) in [5.41, 5.74) is 5.61. The number of benzene rings is 3. The number of para-hydroxylation sites is 2. The molecule has 6 heteroatoms. The molecule has 2 atom stereocenters. The summed E-state index contributed by atoms with van der Waals surface area (Å²) < 4.78 is 2.31. The third kappa shape index (κ3) is 7.69. The number of ketones is 2. The number of hydrogen-bond acceptors (Lipinski definition) is 6. The maximum absolute atomic E-state index is 14.1. The largest absolute Gasteiger partial charge is 0.311 e. The van der Waals surface area contributed by atoms with Crippen LogP contribution in [0.5, 0.6) is 0 Å². The Labute approximate surface area is 298 Å². The molecule has 0 saturated carbocycles. The summed E-state index contributed by atoms with van der Waals surface area (Å²) in [6.45, 7) is 6.16. The van der Waals surface area contributed by atoms with E-state index in [2.05, 4.69) is 110 Å². The third-order valence-corrected chi connectivity index (χ3v) is 11.9. The predicted octanol–water partition coefficient (Wildman–Crippen LogP) is 12.5. The lowest BCUT2D eigenvalue weighted by Gasteiger charge is -2.25. The van der Waals surface area contributed by atoms with Crippen molar-refractivity contribution >= 4 is 66.8 Å². The van der Waals surface area contributed by atoms with Crippen molar-refractivity contribution in [2.24, 2.45) is 11.8 Å². The molecule has 0 amide bonds. The SMILES string of the molecule is CCCCC(CC)CC1CCC(=O)C(C#N)=C(C)C(=Cc2cc3sc(-c4ccc(N(c5ccccc5)c5ccccc5)cc4)cc3s2)C1=O. The number of anilines is 3. The van der Waals surface area contributed by atoms with Crippen molar-refractivity contribution in [3.8, 4) is 16.5 Å². The first kappa shape index (κ1) is 34.3. The molecule has 0 saturated heterocycles. The second-order valence-corrected chi connectivity index (χ2v) is 15.1. The topological polar surface area (TPSA) is 61.2 Å². The number of fused-ring (bicyclic) bond motifs is 1. The van der Waals surface area contributed by atoms with E-state index >= 15 is 0 Å². The normalized spacial score (nSPS) is 16.9. The summed E-state index contributed by atoms with van der Waals surface area (Å²) in [6.07, 6.45) is 7.90. The molecule has 4 nitrogen and oxygen atoms in total. The summed E-state index contributed by atoms with van der Waals surface area (Å²) in [5, 5.41) is 9.88. The highest BCUT2D eigenvalue weighted by atomic mass is 32.1. The Balaban J connectivity index is 1.29. The molecule has 2 unspecified atom stereocenters. The summed E-state index contributed by atoms with van der Waals surface area (Å²) in [7, 11) is 0. The van der Waals surface area contributed by atoms with E-state index in [9.17, 15) is 14.9 Å². The van der Waals surface area contributed by atoms with Crippen LogP contribution in [0, 0.1) is 23.2 Å². The number of rotatable bonds is 11. The maximum atomic E-state index is 14.1. The monoisotopic (exact) mass is 682 g/mol. The van der Waals surface area contributed by atoms with Crippen LogP contribution in [-0.4, -0.2) is 11.6 Å². The quantitative estimate of drug-likeness (QED) is 0.130. The zero-order chi connectivity index (χ0) is 34.3. The van der Waals surface area contributed by atoms with E-state index in [-0.39, 0.29) is 29.5 Å². The molecule has 0 aliphatic heterocycles. The van der Waals surface area contributed by atoms with Crippen molar-refractivity contribution in [3.63, 3.8) is 0 Å². The van der Waals surface area contributed by atoms with Crippen LogP contribution in [0.4, 0.5) is 17.1 Å². The Hall–Kier alpha value is -4.57. The molecule has 0 radical (unpaired) electrons. The molecular weight excluding hydrogens is 641 g/mol. The number of allylic oxidation sites excluding steroid dienone is 3. The molecule has 49 heavy (non-hydrogen) atoms. The van der Waals surface area contributed by atoms with Gasteiger partial charge < -0.3 is 4.90 Å². The number of Topliss-reactive ketones (excluding diaryl/α,β-unsaturated/α-hetero) is 2. The van der Waals surface area contributed by atoms with Gasteiger partial charge in [0.2, 0.25) is 0 Å². The summed E-state index contributed by atoms with van der Waals surface area (Å²) in [5.74, 6) is 0.181. The molecule has 5 aromatic rings. The van der Waals surface area contributed by atoms with E-state index in [1.54, 1.807) is 29.6 Å². The molecular formula is C43H42N2O2S2. The van der Waals surface area contributed by atoms with E-state index in [4.69, 9.17) is 0 Å². The number of thiophene rings is 2. The Bertz CT molecular complexity index is 1960. The minimum Gasteiger partial charge on any atom is -0.311 e. The number of hydrogen-bond donors (Lipinski definition) is 0. The van der Waals surface area contributed by atoms with Crippen molar-refractivity contribution in [1.29, 1.82) is 5.26 Å². The first-order valence-corrected chi connectivity index (χ1v) is 19.0. The van der Waals surface area contributed by atoms with Crippen LogP contribution in [0.2, 0.25) is 0 Å². The highest BCUT2D eigenvalue weighted by molar-refractivity contribution is 7.29. The van der Waals surface area contributed by atoms with E-state index < -0.39 is 0 Å². The number of carbonyl (C=O) groups excluding carboxylic acids is 2. The van der Waals surface area contributed by atoms with Gasteiger partial charge in [0.15, 0.2) is 11.6 Å². The number of nitriles is 1. The van der Waals surface area contributed by atoms with Gasteiger partial charge in [0.25, 0.3) is 0 Å². The van der Waals surface area contributed by atoms with Gasteiger partial charge in [-0.1, -0.05) is 88.1 Å². The average molecular weight is 683 g/mol. The third-order valence-electron chi connectivity index (χ3n) is 9.64. The van der Waals surface area contributed by atoms with Crippen molar-refractivity contribution in [3.05, 3.63) is 119 Å². The summed E-state index contributed by atoms with van der Waals surface area (Å²) in [4.78, 5) is 31.6. The molecule has 2 aromatic heterocycles. The van der Waals surface area contributed by atoms with Crippen LogP contribution in [0.1, 0.15) is 70.6 Å². The molecule has 6 rings (SSSR count). The van der Waals surface area contributed by atoms with Gasteiger partial charge in [-0.15, -0.1) is 22.7 Å². The highest BCUT2D eigenvalue weighted by Gasteiger charge is 2.31. The molecule has 2 heterocycles. The lowest BCUT2D eigenvalue weighted by atomic mass is 9.77. The first-order valence-electron chi connectivity index (χ1n) is 17.3. The van der Waals surface area contributed by atoms with Crippen molar-refractivity contribution in [1.82, 2.24) is 0 Å². The number of nitrogens with zero attached hydrogens (tertiary/aromatic N) is 2. The van der Waals surface area contributed by atoms with Gasteiger partial charge in [-0.2, -0.15) is 5.26 Å². The van der Waals surface area contributed by atoms with E-state index in [0.29, 0.717) is 23.5 Å². The Morgan fingerprint density at radius 3 is 2.10 bits per heavy atom. The number of carbonyl (C=O) groups is 2. The first-order chi connectivity index (χ1) is 23.9. The van der Waals surface area contributed by atoms with Gasteiger partial charge in [0.1, 0.15) is 6.07 Å². The zero-order valence-corrected chi connectivity index (χ0v) is 30.1. The standard InChI is InChI=1S/C43H42N2O2S2/c1-4-6-13-30(5-2)24-32-20-23-39(46)38(28-44)29(3)37(43(32)47)25-36-26-41-42(48-36)27-40(49-41)31-18-21-35(22-19-31)45(33-14-9-7-10-15-33)34-16-11-8-12-17-34/h7-12,14-19,21-22,25-27,30,32H,4-6,13,20,23-24H2,1-3H3. The molecule has 1 aliphatic carbocycles. The maximum Gasteiger partial charge on any atom is 0.173 e. The molecule has 0 bridgehead atoms. The lowest BCUT2D eigenvalue weighted by molar-refractivity contribution is -0.120. The van der Waals surface area contributed by atoms with Gasteiger partial charge >= 0.3 is 0 Å². The molecule has 0 N–H and O–H groups in total. The van der Waals surface area contributed by atoms with E-state index in [0.717, 1.165) is 69.0 Å². The molecule has 1 aliphatic rings. The molecule has 3 aromatic carbocycles. The number of unbranched alkanes of at least 4 members (excludes halogenated alkanes) is 1. The highest BCUT2D eigenvalue weighted by Crippen LogP contribution is 2.42. The van der Waals surface area contributed by atoms with Gasteiger partial charge in [-0.05, 0) is 91.4 Å².